The molecule has 4 rings (SSSR count). The second-order valence-electron chi connectivity index (χ2n) is 5.94. The van der Waals surface area contributed by atoms with E-state index < -0.39 is 0 Å². The number of hydrogen-bond donors (Lipinski definition) is 0. The predicted octanol–water partition coefficient (Wildman–Crippen LogP) is 3.36. The molecule has 5 nitrogen and oxygen atoms in total. The van der Waals surface area contributed by atoms with Gasteiger partial charge < -0.3 is 14.0 Å². The lowest BCUT2D eigenvalue weighted by Crippen LogP contribution is -2.14. The number of aromatic nitrogens is 2. The molecule has 1 aromatic heterocycles. The predicted molar refractivity (Wildman–Crippen MR) is 98.0 cm³/mol. The van der Waals surface area contributed by atoms with Crippen LogP contribution in [-0.4, -0.2) is 23.8 Å². The average Bonchev–Trinajstić information content (AvgIpc) is 3.05. The molecule has 0 fully saturated rings. The third-order valence-electron chi connectivity index (χ3n) is 4.55. The third-order valence-corrected chi connectivity index (χ3v) is 4.55. The van der Waals surface area contributed by atoms with Crippen LogP contribution in [0.5, 0.6) is 11.5 Å². The molecule has 1 aliphatic heterocycles. The topological polar surface area (TPSA) is 53.4 Å². The van der Waals surface area contributed by atoms with Crippen LogP contribution in [-0.2, 0) is 6.54 Å². The Kier molecular flexibility index (Phi) is 3.76. The van der Waals surface area contributed by atoms with Crippen molar-refractivity contribution in [1.82, 2.24) is 9.55 Å². The molecule has 5 heteroatoms. The van der Waals surface area contributed by atoms with Crippen LogP contribution in [0.1, 0.15) is 17.8 Å². The van der Waals surface area contributed by atoms with Crippen LogP contribution in [0.25, 0.3) is 22.6 Å². The summed E-state index contributed by atoms with van der Waals surface area (Å²) in [6.07, 6.45) is 2.87. The lowest BCUT2D eigenvalue weighted by atomic mass is 10.1. The van der Waals surface area contributed by atoms with Gasteiger partial charge in [-0.3, -0.25) is 4.79 Å². The molecule has 0 radical (unpaired) electrons. The van der Waals surface area contributed by atoms with E-state index in [9.17, 15) is 4.79 Å². The first-order valence-electron chi connectivity index (χ1n) is 8.14. The van der Waals surface area contributed by atoms with Gasteiger partial charge in [-0.2, -0.15) is 4.98 Å². The Morgan fingerprint density at radius 2 is 1.96 bits per heavy atom. The Morgan fingerprint density at radius 3 is 2.76 bits per heavy atom. The highest BCUT2D eigenvalue weighted by Gasteiger charge is 2.20. The minimum absolute atomic E-state index is 0.184. The Bertz CT molecular complexity index is 1050. The Labute approximate surface area is 145 Å². The van der Waals surface area contributed by atoms with Crippen molar-refractivity contribution in [3.8, 4) is 11.5 Å². The van der Waals surface area contributed by atoms with Gasteiger partial charge in [0.2, 0.25) is 0 Å². The van der Waals surface area contributed by atoms with Gasteiger partial charge in [0.1, 0.15) is 17.3 Å². The number of methoxy groups -OCH3 is 2. The van der Waals surface area contributed by atoms with E-state index in [1.54, 1.807) is 14.2 Å². The van der Waals surface area contributed by atoms with Crippen molar-refractivity contribution in [3.63, 3.8) is 0 Å². The highest BCUT2D eigenvalue weighted by Crippen LogP contribution is 2.33. The van der Waals surface area contributed by atoms with E-state index in [-0.39, 0.29) is 5.56 Å². The molecule has 0 bridgehead atoms. The lowest BCUT2D eigenvalue weighted by Gasteiger charge is -2.09. The number of hydrogen-bond acceptors (Lipinski definition) is 4. The summed E-state index contributed by atoms with van der Waals surface area (Å²) in [4.78, 5) is 16.7. The van der Waals surface area contributed by atoms with Gasteiger partial charge in [-0.15, -0.1) is 0 Å². The van der Waals surface area contributed by atoms with Gasteiger partial charge in [0.25, 0.3) is 5.56 Å². The maximum Gasteiger partial charge on any atom is 0.281 e. The molecular formula is C20H18N2O3. The number of ether oxygens (including phenoxy) is 2. The summed E-state index contributed by atoms with van der Waals surface area (Å²) in [7, 11) is 3.26. The van der Waals surface area contributed by atoms with Crippen molar-refractivity contribution in [2.75, 3.05) is 14.2 Å². The lowest BCUT2D eigenvalue weighted by molar-refractivity contribution is 0.394. The molecule has 0 saturated heterocycles. The summed E-state index contributed by atoms with van der Waals surface area (Å²) < 4.78 is 12.8. The molecule has 0 N–H and O–H groups in total. The van der Waals surface area contributed by atoms with Crippen molar-refractivity contribution in [3.05, 3.63) is 64.2 Å². The minimum Gasteiger partial charge on any atom is -0.497 e. The molecule has 0 spiro atoms. The SMILES string of the molecule is COc1ccc(C=C2CCn3c2nc(=O)c2ccccc23)c(OC)c1. The zero-order chi connectivity index (χ0) is 17.4. The van der Waals surface area contributed by atoms with Gasteiger partial charge in [0.05, 0.1) is 25.1 Å². The molecule has 2 heterocycles. The van der Waals surface area contributed by atoms with E-state index in [0.717, 1.165) is 46.9 Å². The van der Waals surface area contributed by atoms with Crippen LogP contribution in [0.15, 0.2) is 47.3 Å². The maximum absolute atomic E-state index is 12.4. The number of nitrogens with zero attached hydrogens (tertiary/aromatic N) is 2. The molecule has 0 unspecified atom stereocenters. The first-order valence-corrected chi connectivity index (χ1v) is 8.14. The normalized spacial score (nSPS) is 14.7. The van der Waals surface area contributed by atoms with Crippen LogP contribution in [0.3, 0.4) is 0 Å². The van der Waals surface area contributed by atoms with Crippen LogP contribution < -0.4 is 15.0 Å². The first kappa shape index (κ1) is 15.4. The largest absolute Gasteiger partial charge is 0.497 e. The van der Waals surface area contributed by atoms with E-state index in [2.05, 4.69) is 9.55 Å². The fourth-order valence-electron chi connectivity index (χ4n) is 3.30. The first-order chi connectivity index (χ1) is 12.2. The molecule has 25 heavy (non-hydrogen) atoms. The number of rotatable bonds is 3. The third kappa shape index (κ3) is 2.58. The molecule has 126 valence electrons. The average molecular weight is 334 g/mol. The molecule has 1 aliphatic rings. The number of fused-ring (bicyclic) bond motifs is 3. The fraction of sp³-hybridized carbons (Fsp3) is 0.200. The number of aryl methyl sites for hydroxylation is 1. The smallest absolute Gasteiger partial charge is 0.281 e. The monoisotopic (exact) mass is 334 g/mol. The van der Waals surface area contributed by atoms with Gasteiger partial charge in [-0.1, -0.05) is 12.1 Å². The molecule has 0 atom stereocenters. The quantitative estimate of drug-likeness (QED) is 0.737. The fourth-order valence-corrected chi connectivity index (χ4v) is 3.30. The van der Waals surface area contributed by atoms with Crippen molar-refractivity contribution in [2.45, 2.75) is 13.0 Å². The molecule has 3 aromatic rings. The van der Waals surface area contributed by atoms with Crippen molar-refractivity contribution in [1.29, 1.82) is 0 Å². The van der Waals surface area contributed by atoms with Crippen LogP contribution >= 0.6 is 0 Å². The Balaban J connectivity index is 1.86. The van der Waals surface area contributed by atoms with Gasteiger partial charge >= 0.3 is 0 Å². The summed E-state index contributed by atoms with van der Waals surface area (Å²) in [6.45, 7) is 0.813. The Morgan fingerprint density at radius 1 is 1.12 bits per heavy atom. The zero-order valence-corrected chi connectivity index (χ0v) is 14.2. The summed E-state index contributed by atoms with van der Waals surface area (Å²) >= 11 is 0. The van der Waals surface area contributed by atoms with Crippen molar-refractivity contribution < 1.29 is 9.47 Å². The maximum atomic E-state index is 12.4. The highest BCUT2D eigenvalue weighted by atomic mass is 16.5. The summed E-state index contributed by atoms with van der Waals surface area (Å²) in [5.41, 5.74) is 2.72. The number of allylic oxidation sites excluding steroid dienone is 1. The van der Waals surface area contributed by atoms with E-state index in [1.165, 1.54) is 0 Å². The highest BCUT2D eigenvalue weighted by molar-refractivity contribution is 5.86. The molecule has 2 aromatic carbocycles. The second-order valence-corrected chi connectivity index (χ2v) is 5.94. The second kappa shape index (κ2) is 6.09. The van der Waals surface area contributed by atoms with Crippen molar-refractivity contribution in [2.24, 2.45) is 0 Å². The van der Waals surface area contributed by atoms with Gasteiger partial charge in [0, 0.05) is 18.2 Å². The van der Waals surface area contributed by atoms with E-state index in [4.69, 9.17) is 9.47 Å². The number of benzene rings is 2. The van der Waals surface area contributed by atoms with Crippen molar-refractivity contribution >= 4 is 22.6 Å². The molecule has 0 saturated carbocycles. The molecule has 0 amide bonds. The Hall–Kier alpha value is -3.08. The summed E-state index contributed by atoms with van der Waals surface area (Å²) in [5.74, 6) is 2.21. The van der Waals surface area contributed by atoms with Crippen LogP contribution in [0.4, 0.5) is 0 Å². The standard InChI is InChI=1S/C20H18N2O3/c1-24-15-8-7-13(18(12-15)25-2)11-14-9-10-22-17-6-4-3-5-16(17)20(23)21-19(14)22/h3-8,11-12H,9-10H2,1-2H3. The van der Waals surface area contributed by atoms with Gasteiger partial charge in [0.15, 0.2) is 0 Å². The molecular weight excluding hydrogens is 316 g/mol. The van der Waals surface area contributed by atoms with Gasteiger partial charge in [-0.05, 0) is 42.3 Å². The van der Waals surface area contributed by atoms with E-state index in [0.29, 0.717) is 5.39 Å². The summed E-state index contributed by atoms with van der Waals surface area (Å²) in [5, 5.41) is 0.662. The van der Waals surface area contributed by atoms with Crippen LogP contribution in [0, 0.1) is 0 Å². The summed E-state index contributed by atoms with van der Waals surface area (Å²) in [6, 6.07) is 13.3. The minimum atomic E-state index is -0.184. The van der Waals surface area contributed by atoms with Crippen LogP contribution in [0.2, 0.25) is 0 Å². The zero-order valence-electron chi connectivity index (χ0n) is 14.2. The molecule has 0 aliphatic carbocycles. The van der Waals surface area contributed by atoms with E-state index >= 15 is 0 Å². The van der Waals surface area contributed by atoms with Gasteiger partial charge in [-0.25, -0.2) is 0 Å². The van der Waals surface area contributed by atoms with E-state index in [1.807, 2.05) is 48.5 Å². The number of para-hydroxylation sites is 1.